The molecule has 0 amide bonds. The van der Waals surface area contributed by atoms with Gasteiger partial charge in [-0.15, -0.1) is 0 Å². The highest BCUT2D eigenvalue weighted by molar-refractivity contribution is 7.47. The fraction of sp³-hybridized carbons (Fsp3) is 0.953. The SMILES string of the molecule is CCCCCCCCCCCCCCCCCCCCCCCC(=O)O[C@H](COC(=O)CCCCCCCCCCCCCCCCCCC(C)C)COP(=O)(O)OC[C@@H](O)COP(=O)(O)OC[C@@H](COC(=O)CCCCCCCCC(C)C)OC(=O)CCCCCCCCCCCCCCC(C)C. The predicted octanol–water partition coefficient (Wildman–Crippen LogP) is 25.7. The van der Waals surface area contributed by atoms with Gasteiger partial charge in [0.25, 0.3) is 0 Å². The molecule has 104 heavy (non-hydrogen) atoms. The van der Waals surface area contributed by atoms with E-state index in [0.29, 0.717) is 31.6 Å². The van der Waals surface area contributed by atoms with Crippen molar-refractivity contribution in [3.8, 4) is 0 Å². The maximum absolute atomic E-state index is 13.1. The summed E-state index contributed by atoms with van der Waals surface area (Å²) in [5.74, 6) is 0.159. The molecule has 0 aliphatic heterocycles. The molecule has 0 saturated carbocycles. The van der Waals surface area contributed by atoms with Crippen molar-refractivity contribution in [1.82, 2.24) is 0 Å². The van der Waals surface area contributed by atoms with Gasteiger partial charge in [0, 0.05) is 25.7 Å². The summed E-state index contributed by atoms with van der Waals surface area (Å²) in [6.45, 7) is 11.9. The summed E-state index contributed by atoms with van der Waals surface area (Å²) < 4.78 is 68.8. The Labute approximate surface area is 638 Å². The zero-order chi connectivity index (χ0) is 76.5. The van der Waals surface area contributed by atoms with Crippen molar-refractivity contribution in [2.24, 2.45) is 17.8 Å². The molecular weight excluding hydrogens is 1350 g/mol. The van der Waals surface area contributed by atoms with Crippen LogP contribution >= 0.6 is 15.6 Å². The summed E-state index contributed by atoms with van der Waals surface area (Å²) in [4.78, 5) is 73.1. The number of ether oxygens (including phenoxy) is 4. The summed E-state index contributed by atoms with van der Waals surface area (Å²) in [5.41, 5.74) is 0. The van der Waals surface area contributed by atoms with Crippen LogP contribution in [-0.4, -0.2) is 96.7 Å². The molecule has 17 nitrogen and oxygen atoms in total. The van der Waals surface area contributed by atoms with Gasteiger partial charge in [0.15, 0.2) is 12.2 Å². The van der Waals surface area contributed by atoms with E-state index in [1.54, 1.807) is 0 Å². The van der Waals surface area contributed by atoms with E-state index in [1.807, 2.05) is 0 Å². The van der Waals surface area contributed by atoms with E-state index >= 15 is 0 Å². The summed E-state index contributed by atoms with van der Waals surface area (Å²) in [6.07, 6.45) is 65.5. The van der Waals surface area contributed by atoms with Crippen LogP contribution in [0.15, 0.2) is 0 Å². The molecule has 3 N–H and O–H groups in total. The van der Waals surface area contributed by atoms with Crippen molar-refractivity contribution >= 4 is 39.5 Å². The number of unbranched alkanes of at least 4 members (excludes halogenated alkanes) is 51. The molecule has 0 aromatic carbocycles. The smallest absolute Gasteiger partial charge is 0.462 e. The van der Waals surface area contributed by atoms with Crippen molar-refractivity contribution < 1.29 is 80.2 Å². The number of esters is 4. The van der Waals surface area contributed by atoms with Gasteiger partial charge < -0.3 is 33.8 Å². The topological polar surface area (TPSA) is 237 Å². The van der Waals surface area contributed by atoms with E-state index in [-0.39, 0.29) is 25.7 Å². The molecule has 19 heteroatoms. The number of aliphatic hydroxyl groups is 1. The fourth-order valence-corrected chi connectivity index (χ4v) is 14.8. The fourth-order valence-electron chi connectivity index (χ4n) is 13.2. The van der Waals surface area contributed by atoms with Crippen LogP contribution in [0.5, 0.6) is 0 Å². The quantitative estimate of drug-likeness (QED) is 0.0222. The van der Waals surface area contributed by atoms with Crippen LogP contribution in [0.2, 0.25) is 0 Å². The van der Waals surface area contributed by atoms with Crippen molar-refractivity contribution in [3.63, 3.8) is 0 Å². The van der Waals surface area contributed by atoms with Gasteiger partial charge in [0.1, 0.15) is 19.3 Å². The zero-order valence-electron chi connectivity index (χ0n) is 68.5. The normalized spacial score (nSPS) is 13.9. The van der Waals surface area contributed by atoms with Gasteiger partial charge in [-0.3, -0.25) is 37.3 Å². The maximum Gasteiger partial charge on any atom is 0.472 e. The van der Waals surface area contributed by atoms with Crippen LogP contribution in [0.1, 0.15) is 447 Å². The monoisotopic (exact) mass is 1520 g/mol. The second-order valence-corrected chi connectivity index (χ2v) is 34.9. The van der Waals surface area contributed by atoms with Crippen LogP contribution < -0.4 is 0 Å². The first-order valence-corrected chi connectivity index (χ1v) is 46.8. The van der Waals surface area contributed by atoms with Crippen LogP contribution in [0.3, 0.4) is 0 Å². The van der Waals surface area contributed by atoms with E-state index in [9.17, 15) is 43.2 Å². The molecule has 0 rings (SSSR count). The van der Waals surface area contributed by atoms with Gasteiger partial charge in [-0.1, -0.05) is 395 Å². The van der Waals surface area contributed by atoms with Gasteiger partial charge >= 0.3 is 39.5 Å². The number of carbonyl (C=O) groups is 4. The molecule has 0 aliphatic rings. The van der Waals surface area contributed by atoms with Crippen molar-refractivity contribution in [1.29, 1.82) is 0 Å². The van der Waals surface area contributed by atoms with Gasteiger partial charge in [-0.25, -0.2) is 9.13 Å². The number of carbonyl (C=O) groups excluding carboxylic acids is 4. The first-order chi connectivity index (χ1) is 50.2. The Hall–Kier alpha value is -1.94. The Morgan fingerprint density at radius 1 is 0.260 bits per heavy atom. The van der Waals surface area contributed by atoms with Gasteiger partial charge in [-0.05, 0) is 43.4 Å². The Morgan fingerprint density at radius 2 is 0.442 bits per heavy atom. The minimum Gasteiger partial charge on any atom is -0.462 e. The highest BCUT2D eigenvalue weighted by Gasteiger charge is 2.30. The molecule has 0 aromatic heterocycles. The molecule has 0 heterocycles. The molecule has 2 unspecified atom stereocenters. The Balaban J connectivity index is 5.21. The van der Waals surface area contributed by atoms with E-state index in [4.69, 9.17) is 37.0 Å². The predicted molar refractivity (Wildman–Crippen MR) is 428 cm³/mol. The molecule has 0 radical (unpaired) electrons. The standard InChI is InChI=1S/C85H166O17P2/c1-8-9-10-11-12-13-14-15-16-17-18-19-20-21-26-29-35-40-45-54-61-68-84(89)101-80(72-95-82(87)66-59-52-44-39-34-28-25-23-22-24-27-32-37-42-49-56-63-76(2)3)74-99-103(91,92)97-70-79(86)71-98-104(93,94)100-75-81(73-96-83(88)67-60-53-48-47-51-58-65-78(6)7)102-85(90)69-62-55-46-41-36-31-30-33-38-43-50-57-64-77(4)5/h76-81,86H,8-75H2,1-7H3,(H,91,92)(H,93,94)/t79-,80-,81-/m1/s1. The lowest BCUT2D eigenvalue weighted by molar-refractivity contribution is -0.161. The average molecular weight is 1520 g/mol. The summed E-state index contributed by atoms with van der Waals surface area (Å²) in [7, 11) is -9.93. The highest BCUT2D eigenvalue weighted by atomic mass is 31.2. The number of hydrogen-bond donors (Lipinski definition) is 3. The second kappa shape index (κ2) is 75.1. The molecule has 0 aliphatic carbocycles. The molecule has 618 valence electrons. The van der Waals surface area contributed by atoms with Gasteiger partial charge in [-0.2, -0.15) is 0 Å². The summed E-state index contributed by atoms with van der Waals surface area (Å²) in [6, 6.07) is 0. The molecule has 5 atom stereocenters. The average Bonchev–Trinajstić information content (AvgIpc) is 0.905. The molecular formula is C85H166O17P2. The zero-order valence-corrected chi connectivity index (χ0v) is 70.3. The van der Waals surface area contributed by atoms with Crippen molar-refractivity contribution in [3.05, 3.63) is 0 Å². The number of rotatable bonds is 83. The third-order valence-electron chi connectivity index (χ3n) is 19.9. The van der Waals surface area contributed by atoms with E-state index in [2.05, 4.69) is 48.5 Å². The number of phosphoric acid groups is 2. The highest BCUT2D eigenvalue weighted by Crippen LogP contribution is 2.45. The van der Waals surface area contributed by atoms with Crippen molar-refractivity contribution in [2.75, 3.05) is 39.6 Å². The van der Waals surface area contributed by atoms with Gasteiger partial charge in [0.2, 0.25) is 0 Å². The third kappa shape index (κ3) is 78.2. The lowest BCUT2D eigenvalue weighted by Gasteiger charge is -2.21. The van der Waals surface area contributed by atoms with E-state index < -0.39 is 97.5 Å². The van der Waals surface area contributed by atoms with Crippen LogP contribution in [-0.2, 0) is 65.4 Å². The largest absolute Gasteiger partial charge is 0.472 e. The van der Waals surface area contributed by atoms with E-state index in [1.165, 1.54) is 250 Å². The number of hydrogen-bond acceptors (Lipinski definition) is 15. The molecule has 0 aromatic rings. The Kier molecular flexibility index (Phi) is 73.7. The third-order valence-corrected chi connectivity index (χ3v) is 21.8. The van der Waals surface area contributed by atoms with Crippen LogP contribution in [0, 0.1) is 17.8 Å². The number of phosphoric ester groups is 2. The van der Waals surface area contributed by atoms with Crippen LogP contribution in [0.25, 0.3) is 0 Å². The first kappa shape index (κ1) is 102. The minimum atomic E-state index is -4.97. The maximum atomic E-state index is 13.1. The molecule has 0 saturated heterocycles. The Morgan fingerprint density at radius 3 is 0.654 bits per heavy atom. The summed E-state index contributed by atoms with van der Waals surface area (Å²) >= 11 is 0. The first-order valence-electron chi connectivity index (χ1n) is 43.8. The van der Waals surface area contributed by atoms with E-state index in [0.717, 1.165) is 108 Å². The molecule has 0 spiro atoms. The summed E-state index contributed by atoms with van der Waals surface area (Å²) in [5, 5.41) is 10.7. The lowest BCUT2D eigenvalue weighted by atomic mass is 10.0. The lowest BCUT2D eigenvalue weighted by Crippen LogP contribution is -2.30. The second-order valence-electron chi connectivity index (χ2n) is 32.0. The van der Waals surface area contributed by atoms with Crippen molar-refractivity contribution in [2.45, 2.75) is 465 Å². The molecule has 0 bridgehead atoms. The Bertz CT molecular complexity index is 2010. The molecule has 0 fully saturated rings. The minimum absolute atomic E-state index is 0.106. The number of aliphatic hydroxyl groups excluding tert-OH is 1. The van der Waals surface area contributed by atoms with Gasteiger partial charge in [0.05, 0.1) is 26.4 Å². The van der Waals surface area contributed by atoms with Crippen LogP contribution in [0.4, 0.5) is 0 Å².